The van der Waals surface area contributed by atoms with Gasteiger partial charge in [-0.3, -0.25) is 0 Å². The summed E-state index contributed by atoms with van der Waals surface area (Å²) >= 11 is 0. The average molecular weight is 1850 g/mol. The highest BCUT2D eigenvalue weighted by atomic mass is 19.1. The van der Waals surface area contributed by atoms with Crippen LogP contribution < -0.4 is 19.6 Å². The van der Waals surface area contributed by atoms with Crippen LogP contribution in [0.2, 0.25) is 0 Å². The van der Waals surface area contributed by atoms with Crippen LogP contribution in [0.1, 0.15) is 134 Å². The molecule has 20 aromatic carbocycles. The van der Waals surface area contributed by atoms with Crippen LogP contribution in [-0.2, 0) is 54.8 Å². The van der Waals surface area contributed by atoms with Crippen molar-refractivity contribution in [2.24, 2.45) is 0 Å². The number of hydrogen-bond acceptors (Lipinski definition) is 4. The van der Waals surface area contributed by atoms with Gasteiger partial charge in [-0.05, 0) is 447 Å². The summed E-state index contributed by atoms with van der Waals surface area (Å²) in [5, 5.41) is 0. The van der Waals surface area contributed by atoms with Crippen LogP contribution in [-0.4, -0.2) is 0 Å². The summed E-state index contributed by atoms with van der Waals surface area (Å²) in [5.74, 6) is -1.28. The van der Waals surface area contributed by atoms with Gasteiger partial charge >= 0.3 is 0 Å². The van der Waals surface area contributed by atoms with Gasteiger partial charge in [0, 0.05) is 68.2 Å². The van der Waals surface area contributed by atoms with Crippen LogP contribution in [0.3, 0.4) is 0 Å². The highest BCUT2D eigenvalue weighted by Gasteiger charge is 2.52. The first-order valence-corrected chi connectivity index (χ1v) is 49.9. The van der Waals surface area contributed by atoms with E-state index in [1.54, 1.807) is 48.5 Å². The van der Waals surface area contributed by atoms with E-state index in [-0.39, 0.29) is 23.3 Å². The van der Waals surface area contributed by atoms with E-state index >= 15 is 17.6 Å². The van der Waals surface area contributed by atoms with Gasteiger partial charge in [-0.25, -0.2) is 17.6 Å². The Morgan fingerprint density at radius 2 is 0.378 bits per heavy atom. The topological polar surface area (TPSA) is 13.0 Å². The van der Waals surface area contributed by atoms with Crippen LogP contribution in [0.5, 0.6) is 0 Å². The minimum absolute atomic E-state index is 0.306. The Kier molecular flexibility index (Phi) is 20.5. The quantitative estimate of drug-likeness (QED) is 0.0705. The lowest BCUT2D eigenvalue weighted by Gasteiger charge is -2.38. The van der Waals surface area contributed by atoms with Crippen molar-refractivity contribution in [2.75, 3.05) is 19.6 Å². The molecule has 0 saturated heterocycles. The molecule has 0 aliphatic heterocycles. The van der Waals surface area contributed by atoms with E-state index in [4.69, 9.17) is 0 Å². The van der Waals surface area contributed by atoms with Crippen molar-refractivity contribution in [3.63, 3.8) is 0 Å². The molecule has 6 aliphatic rings. The van der Waals surface area contributed by atoms with Crippen molar-refractivity contribution in [2.45, 2.75) is 96.3 Å². The van der Waals surface area contributed by atoms with Crippen LogP contribution in [0, 0.1) is 64.8 Å². The zero-order chi connectivity index (χ0) is 96.4. The third-order valence-electron chi connectivity index (χ3n) is 32.0. The molecule has 0 radical (unpaired) electrons. The minimum Gasteiger partial charge on any atom is -0.310 e. The lowest BCUT2D eigenvalue weighted by molar-refractivity contribution is 0.627. The number of rotatable bonds is 20. The molecule has 26 rings (SSSR count). The Labute approximate surface area is 833 Å². The normalized spacial score (nSPS) is 16.0. The molecule has 20 aromatic rings. The third-order valence-corrected chi connectivity index (χ3v) is 32.0. The molecule has 688 valence electrons. The summed E-state index contributed by atoms with van der Waals surface area (Å²) in [6, 6.07) is 150. The molecule has 0 bridgehead atoms. The minimum atomic E-state index is -0.912. The summed E-state index contributed by atoms with van der Waals surface area (Å²) in [6.45, 7) is 13.3. The molecule has 2 atom stereocenters. The standard InChI is InChI=1S/C135H100F4N4/c1-83-15-18-86(4)126(73-83)133(99-38-27-93-21-24-96(93)76-99)124-13-9-7-11-118(124)120-69-65-114(79-129(120)133)140(110-57-41-102(136)42-58-110)106-49-30-89(31-50-106)91-34-53-108(54-35-91)142(112-61-45-104(138)46-62-112)116-67-71-122-123-72-68-117(82-132(123)135(131(122)81-116,128-75-85(3)17-20-88(128)6)101-40-29-95-23-26-98(95)78-101)143(113-63-47-105(139)48-64-113)109-55-36-92(37-56-109)90-32-51-107(52-33-90)141(111-59-43-103(137)44-60-111)115-66-70-121-119-12-8-10-14-125(119)134(130(121)80-115,127-74-84(2)16-19-87(127)5)100-39-28-94-22-25-97(94)77-100/h7-20,27-82H,21-26H2,1-6H3. The van der Waals surface area contributed by atoms with Crippen molar-refractivity contribution in [3.05, 3.63) is 581 Å². The monoisotopic (exact) mass is 1850 g/mol. The van der Waals surface area contributed by atoms with Gasteiger partial charge in [0.15, 0.2) is 0 Å². The number of anilines is 12. The molecule has 0 fully saturated rings. The molecule has 0 spiro atoms. The predicted octanol–water partition coefficient (Wildman–Crippen LogP) is 34.7. The summed E-state index contributed by atoms with van der Waals surface area (Å²) in [7, 11) is 0. The van der Waals surface area contributed by atoms with Gasteiger partial charge in [-0.1, -0.05) is 247 Å². The van der Waals surface area contributed by atoms with Gasteiger partial charge in [-0.2, -0.15) is 0 Å². The first-order chi connectivity index (χ1) is 69.9. The zero-order valence-electron chi connectivity index (χ0n) is 80.5. The lowest BCUT2D eigenvalue weighted by Crippen LogP contribution is -2.31. The van der Waals surface area contributed by atoms with Crippen LogP contribution in [0.15, 0.2) is 425 Å². The average Bonchev–Trinajstić information content (AvgIpc) is 1.53. The van der Waals surface area contributed by atoms with Gasteiger partial charge in [0.1, 0.15) is 23.3 Å². The van der Waals surface area contributed by atoms with Gasteiger partial charge in [0.05, 0.1) is 16.2 Å². The Bertz CT molecular complexity index is 8110. The zero-order valence-corrected chi connectivity index (χ0v) is 80.5. The van der Waals surface area contributed by atoms with Crippen molar-refractivity contribution in [3.8, 4) is 55.6 Å². The van der Waals surface area contributed by atoms with Gasteiger partial charge in [-0.15, -0.1) is 0 Å². The van der Waals surface area contributed by atoms with Crippen molar-refractivity contribution >= 4 is 68.2 Å². The highest BCUT2D eigenvalue weighted by molar-refractivity contribution is 5.97. The van der Waals surface area contributed by atoms with E-state index in [1.807, 2.05) is 48.5 Å². The number of hydrogen-bond donors (Lipinski definition) is 0. The molecule has 143 heavy (non-hydrogen) atoms. The molecule has 0 N–H and O–H groups in total. The number of nitrogens with zero attached hydrogens (tertiary/aromatic N) is 4. The summed E-state index contributed by atoms with van der Waals surface area (Å²) in [4.78, 5) is 9.00. The molecular weight excluding hydrogens is 1750 g/mol. The Morgan fingerprint density at radius 3 is 0.608 bits per heavy atom. The lowest BCUT2D eigenvalue weighted by atomic mass is 9.65. The second kappa shape index (κ2) is 33.8. The Balaban J connectivity index is 0.556. The van der Waals surface area contributed by atoms with E-state index in [1.165, 1.54) is 122 Å². The maximum atomic E-state index is 15.6. The van der Waals surface area contributed by atoms with Gasteiger partial charge < -0.3 is 19.6 Å². The first kappa shape index (κ1) is 86.6. The largest absolute Gasteiger partial charge is 0.310 e. The molecular formula is C135H100F4N4. The fourth-order valence-electron chi connectivity index (χ4n) is 24.7. The number of benzene rings is 20. The smallest absolute Gasteiger partial charge is 0.123 e. The van der Waals surface area contributed by atoms with Crippen molar-refractivity contribution in [1.29, 1.82) is 0 Å². The molecule has 0 saturated carbocycles. The molecule has 0 heterocycles. The highest BCUT2D eigenvalue weighted by Crippen LogP contribution is 2.64. The van der Waals surface area contributed by atoms with E-state index in [0.29, 0.717) is 0 Å². The molecule has 0 amide bonds. The van der Waals surface area contributed by atoms with Crippen LogP contribution in [0.4, 0.5) is 85.8 Å². The van der Waals surface area contributed by atoms with Crippen molar-refractivity contribution < 1.29 is 17.6 Å². The molecule has 2 unspecified atom stereocenters. The maximum absolute atomic E-state index is 15.6. The Morgan fingerprint density at radius 1 is 0.168 bits per heavy atom. The van der Waals surface area contributed by atoms with E-state index in [2.05, 4.69) is 389 Å². The summed E-state index contributed by atoms with van der Waals surface area (Å²) in [6.07, 6.45) is 6.30. The molecule has 0 aromatic heterocycles. The molecule has 4 nitrogen and oxygen atoms in total. The number of aryl methyl sites for hydroxylation is 12. The summed E-state index contributed by atoms with van der Waals surface area (Å²) in [5.41, 5.74) is 49.3. The van der Waals surface area contributed by atoms with Crippen molar-refractivity contribution in [1.82, 2.24) is 0 Å². The maximum Gasteiger partial charge on any atom is 0.123 e. The second-order valence-electron chi connectivity index (χ2n) is 40.1. The van der Waals surface area contributed by atoms with E-state index in [0.717, 1.165) is 174 Å². The van der Waals surface area contributed by atoms with E-state index in [9.17, 15) is 0 Å². The van der Waals surface area contributed by atoms with Gasteiger partial charge in [0.25, 0.3) is 0 Å². The van der Waals surface area contributed by atoms with E-state index < -0.39 is 16.2 Å². The van der Waals surface area contributed by atoms with Crippen LogP contribution in [0.25, 0.3) is 55.6 Å². The second-order valence-corrected chi connectivity index (χ2v) is 40.1. The number of fused-ring (bicyclic) bond motifs is 12. The summed E-state index contributed by atoms with van der Waals surface area (Å²) < 4.78 is 61.6. The number of halogens is 4. The van der Waals surface area contributed by atoms with Gasteiger partial charge in [0.2, 0.25) is 0 Å². The van der Waals surface area contributed by atoms with Crippen LogP contribution >= 0.6 is 0 Å². The molecule has 6 aliphatic carbocycles. The predicted molar refractivity (Wildman–Crippen MR) is 578 cm³/mol. The SMILES string of the molecule is Cc1ccc(C)c(C2(c3ccc4c(c3)CC4)c3ccccc3-c3ccc(N(c4ccc(F)cc4)c4ccc(-c5ccc(N(c6ccc(F)cc6)c6ccc7c(c6)C(c6ccc8c(c6)CC8)(c6cc(C)ccc6C)c6cc(N(c8ccc(F)cc8)c8ccc(-c9ccc(N(c%10ccc(F)cc%10)c%10ccc%11c(c%10)C(c%10ccc%12c(c%10)CC%12)(c%10cc(C)ccc%10C)c%10ccccc%10-%11)cc9)cc8)ccc6-7)cc5)cc4)cc32)c1. The fourth-order valence-corrected chi connectivity index (χ4v) is 24.7. The third kappa shape index (κ3) is 13.9. The molecule has 8 heteroatoms. The fraction of sp³-hybridized carbons (Fsp3) is 0.111. The first-order valence-electron chi connectivity index (χ1n) is 49.9. The Hall–Kier alpha value is -16.7.